The van der Waals surface area contributed by atoms with Gasteiger partial charge in [-0.3, -0.25) is 9.52 Å². The van der Waals surface area contributed by atoms with Crippen molar-refractivity contribution in [2.45, 2.75) is 56.4 Å². The van der Waals surface area contributed by atoms with E-state index in [0.717, 1.165) is 37.0 Å². The minimum Gasteiger partial charge on any atom is -0.349 e. The first-order valence-electron chi connectivity index (χ1n) is 8.92. The smallest absolute Gasteiger partial charge is 0.263 e. The molecule has 6 nitrogen and oxygen atoms in total. The third-order valence-corrected chi connectivity index (χ3v) is 7.35. The zero-order chi connectivity index (χ0) is 19.4. The van der Waals surface area contributed by atoms with Crippen LogP contribution in [0.5, 0.6) is 0 Å². The SMILES string of the molecule is Cc1nc(NS(=O)(=O)c2ccc(Cl)cc2)sc1C(=O)NC1CCCCCC1. The van der Waals surface area contributed by atoms with Crippen LogP contribution in [0.3, 0.4) is 0 Å². The highest BCUT2D eigenvalue weighted by molar-refractivity contribution is 7.93. The molecule has 1 fully saturated rings. The third-order valence-electron chi connectivity index (χ3n) is 4.54. The fourth-order valence-corrected chi connectivity index (χ4v) is 5.34. The average Bonchev–Trinajstić information content (AvgIpc) is 2.81. The van der Waals surface area contributed by atoms with Crippen molar-refractivity contribution in [2.24, 2.45) is 0 Å². The molecule has 0 unspecified atom stereocenters. The van der Waals surface area contributed by atoms with Crippen LogP contribution in [0.25, 0.3) is 0 Å². The van der Waals surface area contributed by atoms with Crippen molar-refractivity contribution in [3.05, 3.63) is 39.9 Å². The maximum atomic E-state index is 12.6. The number of thiazole rings is 1. The van der Waals surface area contributed by atoms with Crippen LogP contribution in [0, 0.1) is 6.92 Å². The van der Waals surface area contributed by atoms with E-state index in [1.807, 2.05) is 0 Å². The van der Waals surface area contributed by atoms with Gasteiger partial charge in [0.25, 0.3) is 15.9 Å². The van der Waals surface area contributed by atoms with E-state index in [4.69, 9.17) is 11.6 Å². The second-order valence-electron chi connectivity index (χ2n) is 6.65. The predicted molar refractivity (Wildman–Crippen MR) is 108 cm³/mol. The van der Waals surface area contributed by atoms with E-state index in [1.165, 1.54) is 37.1 Å². The Labute approximate surface area is 168 Å². The molecule has 1 aliphatic carbocycles. The van der Waals surface area contributed by atoms with Crippen LogP contribution in [0.4, 0.5) is 5.13 Å². The Hall–Kier alpha value is -1.64. The quantitative estimate of drug-likeness (QED) is 0.694. The third kappa shape index (κ3) is 5.21. The first-order valence-corrected chi connectivity index (χ1v) is 11.6. The summed E-state index contributed by atoms with van der Waals surface area (Å²) < 4.78 is 27.4. The highest BCUT2D eigenvalue weighted by atomic mass is 35.5. The fourth-order valence-electron chi connectivity index (χ4n) is 3.11. The van der Waals surface area contributed by atoms with E-state index in [-0.39, 0.29) is 22.0 Å². The highest BCUT2D eigenvalue weighted by Crippen LogP contribution is 2.26. The predicted octanol–water partition coefficient (Wildman–Crippen LogP) is 4.36. The molecule has 3 rings (SSSR count). The highest BCUT2D eigenvalue weighted by Gasteiger charge is 2.22. The monoisotopic (exact) mass is 427 g/mol. The van der Waals surface area contributed by atoms with Crippen LogP contribution in [0.2, 0.25) is 5.02 Å². The van der Waals surface area contributed by atoms with Crippen LogP contribution in [-0.4, -0.2) is 25.4 Å². The van der Waals surface area contributed by atoms with Crippen LogP contribution in [0.15, 0.2) is 29.2 Å². The first kappa shape index (κ1) is 20.1. The number of hydrogen-bond donors (Lipinski definition) is 2. The molecule has 0 saturated heterocycles. The van der Waals surface area contributed by atoms with Crippen molar-refractivity contribution >= 4 is 44.0 Å². The molecular formula is C18H22ClN3O3S2. The summed E-state index contributed by atoms with van der Waals surface area (Å²) in [4.78, 5) is 17.3. The summed E-state index contributed by atoms with van der Waals surface area (Å²) in [6.07, 6.45) is 6.64. The molecule has 0 atom stereocenters. The lowest BCUT2D eigenvalue weighted by atomic mass is 10.1. The van der Waals surface area contributed by atoms with Crippen LogP contribution in [0.1, 0.15) is 53.9 Å². The van der Waals surface area contributed by atoms with Crippen molar-refractivity contribution in [2.75, 3.05) is 4.72 Å². The van der Waals surface area contributed by atoms with E-state index in [0.29, 0.717) is 15.6 Å². The maximum Gasteiger partial charge on any atom is 0.263 e. The van der Waals surface area contributed by atoms with Gasteiger partial charge in [-0.2, -0.15) is 0 Å². The summed E-state index contributed by atoms with van der Waals surface area (Å²) in [5.74, 6) is -0.186. The molecule has 9 heteroatoms. The summed E-state index contributed by atoms with van der Waals surface area (Å²) >= 11 is 6.85. The molecule has 0 spiro atoms. The maximum absolute atomic E-state index is 12.6. The minimum atomic E-state index is -3.78. The number of carbonyl (C=O) groups is 1. The number of anilines is 1. The lowest BCUT2D eigenvalue weighted by Gasteiger charge is -2.15. The zero-order valence-electron chi connectivity index (χ0n) is 15.0. The van der Waals surface area contributed by atoms with Gasteiger partial charge in [-0.1, -0.05) is 48.6 Å². The molecule has 0 aliphatic heterocycles. The molecule has 1 aliphatic rings. The molecule has 1 heterocycles. The standard InChI is InChI=1S/C18H22ClN3O3S2/c1-12-16(17(23)21-14-6-4-2-3-5-7-14)26-18(20-12)22-27(24,25)15-10-8-13(19)9-11-15/h8-11,14H,2-7H2,1H3,(H,20,22)(H,21,23). The molecule has 1 aromatic heterocycles. The largest absolute Gasteiger partial charge is 0.349 e. The van der Waals surface area contributed by atoms with E-state index < -0.39 is 10.0 Å². The molecule has 2 N–H and O–H groups in total. The number of halogens is 1. The van der Waals surface area contributed by atoms with Crippen LogP contribution < -0.4 is 10.0 Å². The number of rotatable bonds is 5. The lowest BCUT2D eigenvalue weighted by Crippen LogP contribution is -2.34. The van der Waals surface area contributed by atoms with Gasteiger partial charge >= 0.3 is 0 Å². The number of aromatic nitrogens is 1. The Morgan fingerprint density at radius 1 is 1.15 bits per heavy atom. The van der Waals surface area contributed by atoms with Crippen LogP contribution in [-0.2, 0) is 10.0 Å². The Bertz CT molecular complexity index is 902. The first-order chi connectivity index (χ1) is 12.8. The molecular weight excluding hydrogens is 406 g/mol. The molecule has 1 saturated carbocycles. The number of benzene rings is 1. The molecule has 1 amide bonds. The molecule has 146 valence electrons. The van der Waals surface area contributed by atoms with Crippen LogP contribution >= 0.6 is 22.9 Å². The zero-order valence-corrected chi connectivity index (χ0v) is 17.4. The number of carbonyl (C=O) groups excluding carboxylic acids is 1. The van der Waals surface area contributed by atoms with Gasteiger partial charge in [0.05, 0.1) is 10.6 Å². The summed E-state index contributed by atoms with van der Waals surface area (Å²) in [5, 5.41) is 3.70. The number of nitrogens with one attached hydrogen (secondary N) is 2. The van der Waals surface area contributed by atoms with Gasteiger partial charge in [-0.05, 0) is 44.0 Å². The summed E-state index contributed by atoms with van der Waals surface area (Å²) in [6, 6.07) is 6.04. The number of amides is 1. The molecule has 1 aromatic carbocycles. The number of hydrogen-bond acceptors (Lipinski definition) is 5. The number of nitrogens with zero attached hydrogens (tertiary/aromatic N) is 1. The second kappa shape index (κ2) is 8.58. The molecule has 2 aromatic rings. The Kier molecular flexibility index (Phi) is 6.39. The Balaban J connectivity index is 1.71. The molecule has 0 bridgehead atoms. The van der Waals surface area contributed by atoms with Gasteiger partial charge in [0.1, 0.15) is 4.88 Å². The summed E-state index contributed by atoms with van der Waals surface area (Å²) in [5.41, 5.74) is 0.514. The van der Waals surface area contributed by atoms with Crippen molar-refractivity contribution in [1.82, 2.24) is 10.3 Å². The van der Waals surface area contributed by atoms with Gasteiger partial charge in [-0.15, -0.1) is 0 Å². The van der Waals surface area contributed by atoms with E-state index in [1.54, 1.807) is 6.92 Å². The Morgan fingerprint density at radius 3 is 2.41 bits per heavy atom. The van der Waals surface area contributed by atoms with Crippen molar-refractivity contribution in [3.8, 4) is 0 Å². The van der Waals surface area contributed by atoms with E-state index in [9.17, 15) is 13.2 Å². The van der Waals surface area contributed by atoms with Gasteiger partial charge in [0, 0.05) is 11.1 Å². The van der Waals surface area contributed by atoms with Crippen molar-refractivity contribution < 1.29 is 13.2 Å². The summed E-state index contributed by atoms with van der Waals surface area (Å²) in [6.45, 7) is 1.71. The van der Waals surface area contributed by atoms with Crippen molar-refractivity contribution in [1.29, 1.82) is 0 Å². The normalized spacial score (nSPS) is 15.9. The van der Waals surface area contributed by atoms with Gasteiger partial charge in [0.2, 0.25) is 0 Å². The molecule has 0 radical (unpaired) electrons. The van der Waals surface area contributed by atoms with Gasteiger partial charge in [-0.25, -0.2) is 13.4 Å². The number of sulfonamides is 1. The fraction of sp³-hybridized carbons (Fsp3) is 0.444. The second-order valence-corrected chi connectivity index (χ2v) is 9.77. The average molecular weight is 428 g/mol. The summed E-state index contributed by atoms with van der Waals surface area (Å²) in [7, 11) is -3.78. The van der Waals surface area contributed by atoms with Gasteiger partial charge in [0.15, 0.2) is 5.13 Å². The Morgan fingerprint density at radius 2 is 1.78 bits per heavy atom. The van der Waals surface area contributed by atoms with Crippen molar-refractivity contribution in [3.63, 3.8) is 0 Å². The number of aryl methyl sites for hydroxylation is 1. The van der Waals surface area contributed by atoms with Gasteiger partial charge < -0.3 is 5.32 Å². The lowest BCUT2D eigenvalue weighted by molar-refractivity contribution is 0.0936. The van der Waals surface area contributed by atoms with E-state index in [2.05, 4.69) is 15.0 Å². The van der Waals surface area contributed by atoms with E-state index >= 15 is 0 Å². The minimum absolute atomic E-state index is 0.0872. The molecule has 27 heavy (non-hydrogen) atoms. The topological polar surface area (TPSA) is 88.2 Å².